The Kier molecular flexibility index (Phi) is 3.45. The van der Waals surface area contributed by atoms with Gasteiger partial charge in [0.1, 0.15) is 0 Å². The normalized spacial score (nSPS) is 21.3. The standard InChI is InChI=1S/C9H9F6N3O/c10-8(11,12)5(9(13,14)15)7-17-6(18-19-7)4-2-1-3-16-4/h4-5,16H,1-3H2. The number of aromatic nitrogens is 2. The molecule has 2 rings (SSSR count). The van der Waals surface area contributed by atoms with Crippen LogP contribution in [0.2, 0.25) is 0 Å². The van der Waals surface area contributed by atoms with Crippen molar-refractivity contribution in [1.29, 1.82) is 0 Å². The Balaban J connectivity index is 2.28. The molecule has 1 unspecified atom stereocenters. The van der Waals surface area contributed by atoms with Gasteiger partial charge in [0.05, 0.1) is 6.04 Å². The lowest BCUT2D eigenvalue weighted by Crippen LogP contribution is -2.34. The third-order valence-electron chi connectivity index (χ3n) is 2.73. The van der Waals surface area contributed by atoms with Crippen LogP contribution in [0.25, 0.3) is 0 Å². The lowest BCUT2D eigenvalue weighted by Gasteiger charge is -2.19. The molecule has 1 fully saturated rings. The van der Waals surface area contributed by atoms with Gasteiger partial charge in [0.25, 0.3) is 0 Å². The van der Waals surface area contributed by atoms with Crippen LogP contribution in [0.4, 0.5) is 26.3 Å². The van der Waals surface area contributed by atoms with E-state index in [-0.39, 0.29) is 5.82 Å². The zero-order chi connectivity index (χ0) is 14.3. The van der Waals surface area contributed by atoms with Crippen LogP contribution in [0.3, 0.4) is 0 Å². The van der Waals surface area contributed by atoms with Crippen molar-refractivity contribution in [2.24, 2.45) is 0 Å². The maximum atomic E-state index is 12.4. The largest absolute Gasteiger partial charge is 0.409 e. The fourth-order valence-corrected chi connectivity index (χ4v) is 1.88. The third-order valence-corrected chi connectivity index (χ3v) is 2.73. The van der Waals surface area contributed by atoms with E-state index in [1.165, 1.54) is 0 Å². The quantitative estimate of drug-likeness (QED) is 0.850. The third kappa shape index (κ3) is 2.99. The predicted octanol–water partition coefficient (Wildman–Crippen LogP) is 2.70. The molecule has 1 aliphatic rings. The first-order valence-corrected chi connectivity index (χ1v) is 5.40. The average Bonchev–Trinajstić information content (AvgIpc) is 2.80. The van der Waals surface area contributed by atoms with E-state index in [1.54, 1.807) is 0 Å². The van der Waals surface area contributed by atoms with E-state index < -0.39 is 30.2 Å². The van der Waals surface area contributed by atoms with Gasteiger partial charge in [-0.2, -0.15) is 31.3 Å². The van der Waals surface area contributed by atoms with Crippen molar-refractivity contribution in [3.63, 3.8) is 0 Å². The van der Waals surface area contributed by atoms with Gasteiger partial charge in [0.15, 0.2) is 5.82 Å². The molecule has 0 bridgehead atoms. The summed E-state index contributed by atoms with van der Waals surface area (Å²) < 4.78 is 78.7. The molecule has 1 N–H and O–H groups in total. The van der Waals surface area contributed by atoms with Crippen LogP contribution in [0.5, 0.6) is 0 Å². The summed E-state index contributed by atoms with van der Waals surface area (Å²) >= 11 is 0. The Morgan fingerprint density at radius 2 is 1.79 bits per heavy atom. The Morgan fingerprint density at radius 1 is 1.16 bits per heavy atom. The van der Waals surface area contributed by atoms with Gasteiger partial charge in [-0.25, -0.2) is 0 Å². The van der Waals surface area contributed by atoms with Crippen LogP contribution in [-0.4, -0.2) is 29.0 Å². The minimum Gasteiger partial charge on any atom is -0.338 e. The lowest BCUT2D eigenvalue weighted by atomic mass is 10.1. The number of nitrogens with one attached hydrogen (secondary N) is 1. The maximum absolute atomic E-state index is 12.4. The van der Waals surface area contributed by atoms with Crippen LogP contribution < -0.4 is 5.32 Å². The smallest absolute Gasteiger partial charge is 0.338 e. The van der Waals surface area contributed by atoms with Gasteiger partial charge in [0, 0.05) is 0 Å². The van der Waals surface area contributed by atoms with E-state index in [4.69, 9.17) is 0 Å². The lowest BCUT2D eigenvalue weighted by molar-refractivity contribution is -0.259. The number of halogens is 6. The molecule has 1 aromatic rings. The summed E-state index contributed by atoms with van der Waals surface area (Å²) in [5, 5.41) is 6.05. The van der Waals surface area contributed by atoms with E-state index in [9.17, 15) is 26.3 Å². The van der Waals surface area contributed by atoms with Crippen molar-refractivity contribution in [1.82, 2.24) is 15.5 Å². The molecule has 1 saturated heterocycles. The van der Waals surface area contributed by atoms with Crippen molar-refractivity contribution >= 4 is 0 Å². The highest BCUT2D eigenvalue weighted by atomic mass is 19.4. The average molecular weight is 289 g/mol. The molecular weight excluding hydrogens is 280 g/mol. The predicted molar refractivity (Wildman–Crippen MR) is 49.1 cm³/mol. The zero-order valence-electron chi connectivity index (χ0n) is 9.35. The Bertz CT molecular complexity index is 420. The van der Waals surface area contributed by atoms with Crippen LogP contribution in [-0.2, 0) is 0 Å². The zero-order valence-corrected chi connectivity index (χ0v) is 9.35. The SMILES string of the molecule is FC(F)(F)C(c1nc(C2CCCN2)no1)C(F)(F)F. The molecule has 0 aliphatic carbocycles. The molecule has 10 heteroatoms. The Hall–Kier alpha value is -1.32. The summed E-state index contributed by atoms with van der Waals surface area (Å²) in [7, 11) is 0. The van der Waals surface area contributed by atoms with Gasteiger partial charge in [-0.3, -0.25) is 0 Å². The molecule has 0 aromatic carbocycles. The number of rotatable bonds is 2. The first kappa shape index (κ1) is 14.1. The van der Waals surface area contributed by atoms with Crippen molar-refractivity contribution in [2.75, 3.05) is 6.54 Å². The topological polar surface area (TPSA) is 51.0 Å². The number of nitrogens with zero attached hydrogens (tertiary/aromatic N) is 2. The van der Waals surface area contributed by atoms with Crippen molar-refractivity contribution in [2.45, 2.75) is 37.2 Å². The summed E-state index contributed by atoms with van der Waals surface area (Å²) in [6.45, 7) is 0.608. The fraction of sp³-hybridized carbons (Fsp3) is 0.778. The molecular formula is C9H9F6N3O. The maximum Gasteiger partial charge on any atom is 0.409 e. The highest BCUT2D eigenvalue weighted by Crippen LogP contribution is 2.45. The Labute approximate surface area is 103 Å². The molecule has 0 saturated carbocycles. The summed E-state index contributed by atoms with van der Waals surface area (Å²) in [6.07, 6.45) is -9.76. The second kappa shape index (κ2) is 4.66. The Morgan fingerprint density at radius 3 is 2.26 bits per heavy atom. The van der Waals surface area contributed by atoms with Crippen molar-refractivity contribution in [3.8, 4) is 0 Å². The second-order valence-corrected chi connectivity index (χ2v) is 4.16. The van der Waals surface area contributed by atoms with Crippen LogP contribution in [0, 0.1) is 0 Å². The fourth-order valence-electron chi connectivity index (χ4n) is 1.88. The van der Waals surface area contributed by atoms with Crippen molar-refractivity contribution in [3.05, 3.63) is 11.7 Å². The minimum absolute atomic E-state index is 0.175. The van der Waals surface area contributed by atoms with Gasteiger partial charge in [-0.05, 0) is 19.4 Å². The van der Waals surface area contributed by atoms with E-state index in [2.05, 4.69) is 20.0 Å². The molecule has 1 aromatic heterocycles. The summed E-state index contributed by atoms with van der Waals surface area (Å²) in [5.41, 5.74) is 0. The number of hydrogen-bond donors (Lipinski definition) is 1. The number of alkyl halides is 6. The summed E-state index contributed by atoms with van der Waals surface area (Å²) in [5.74, 6) is -5.39. The molecule has 0 amide bonds. The van der Waals surface area contributed by atoms with E-state index in [1.807, 2.05) is 0 Å². The van der Waals surface area contributed by atoms with Gasteiger partial charge >= 0.3 is 12.4 Å². The minimum atomic E-state index is -5.52. The van der Waals surface area contributed by atoms with Gasteiger partial charge in [-0.15, -0.1) is 0 Å². The van der Waals surface area contributed by atoms with Gasteiger partial charge < -0.3 is 9.84 Å². The van der Waals surface area contributed by atoms with Gasteiger partial charge in [-0.1, -0.05) is 5.16 Å². The van der Waals surface area contributed by atoms with Gasteiger partial charge in [0.2, 0.25) is 11.8 Å². The first-order chi connectivity index (χ1) is 8.69. The van der Waals surface area contributed by atoms with E-state index in [0.717, 1.165) is 6.42 Å². The highest BCUT2D eigenvalue weighted by molar-refractivity contribution is 5.04. The molecule has 19 heavy (non-hydrogen) atoms. The molecule has 1 aliphatic heterocycles. The molecule has 0 spiro atoms. The number of hydrogen-bond acceptors (Lipinski definition) is 4. The summed E-state index contributed by atoms with van der Waals surface area (Å²) in [4.78, 5) is 3.25. The molecule has 1 atom stereocenters. The first-order valence-electron chi connectivity index (χ1n) is 5.40. The summed E-state index contributed by atoms with van der Waals surface area (Å²) in [6, 6.07) is -0.459. The van der Waals surface area contributed by atoms with E-state index >= 15 is 0 Å². The van der Waals surface area contributed by atoms with Crippen LogP contribution in [0.1, 0.15) is 36.5 Å². The molecule has 2 heterocycles. The second-order valence-electron chi connectivity index (χ2n) is 4.16. The van der Waals surface area contributed by atoms with Crippen molar-refractivity contribution < 1.29 is 30.9 Å². The van der Waals surface area contributed by atoms with Crippen LogP contribution in [0.15, 0.2) is 4.52 Å². The van der Waals surface area contributed by atoms with Crippen LogP contribution >= 0.6 is 0 Å². The monoisotopic (exact) mass is 289 g/mol. The molecule has 108 valence electrons. The van der Waals surface area contributed by atoms with E-state index in [0.29, 0.717) is 13.0 Å². The molecule has 0 radical (unpaired) electrons. The highest BCUT2D eigenvalue weighted by Gasteiger charge is 2.61. The molecule has 4 nitrogen and oxygen atoms in total.